The Morgan fingerprint density at radius 2 is 1.96 bits per heavy atom. The van der Waals surface area contributed by atoms with E-state index in [1.807, 2.05) is 42.5 Å². The molecule has 3 aromatic rings. The molecule has 0 saturated carbocycles. The fraction of sp³-hybridized carbons (Fsp3) is 0.200. The number of aromatic amines is 1. The number of hydrogen-bond donors (Lipinski definition) is 2. The number of carbonyl (C=O) groups is 1. The molecule has 0 unspecified atom stereocenters. The molecule has 0 saturated heterocycles. The third kappa shape index (κ3) is 3.38. The Morgan fingerprint density at radius 3 is 2.67 bits per heavy atom. The van der Waals surface area contributed by atoms with Crippen LogP contribution in [0.25, 0.3) is 28.4 Å². The molecule has 0 bridgehead atoms. The molecule has 3 rings (SSSR count). The van der Waals surface area contributed by atoms with Crippen LogP contribution in [0.5, 0.6) is 0 Å². The number of hydrogen-bond acceptors (Lipinski definition) is 2. The number of carboxylic acids is 1. The lowest BCUT2D eigenvalue weighted by atomic mass is 9.91. The number of pyridine rings is 1. The van der Waals surface area contributed by atoms with Gasteiger partial charge in [-0.15, -0.1) is 0 Å². The van der Waals surface area contributed by atoms with Crippen LogP contribution in [0.1, 0.15) is 32.0 Å². The number of carboxylic acid groups (broad SMARTS) is 1. The van der Waals surface area contributed by atoms with Gasteiger partial charge in [-0.25, -0.2) is 4.79 Å². The number of nitrogens with zero attached hydrogens (tertiary/aromatic N) is 1. The lowest BCUT2D eigenvalue weighted by molar-refractivity contribution is -0.131. The molecule has 4 nitrogen and oxygen atoms in total. The first kappa shape index (κ1) is 16.0. The molecule has 0 radical (unpaired) electrons. The van der Waals surface area contributed by atoms with Crippen LogP contribution in [0.3, 0.4) is 0 Å². The molecule has 2 heterocycles. The van der Waals surface area contributed by atoms with Gasteiger partial charge in [-0.05, 0) is 42.0 Å². The summed E-state index contributed by atoms with van der Waals surface area (Å²) in [5.41, 5.74) is 4.75. The van der Waals surface area contributed by atoms with E-state index in [-0.39, 0.29) is 5.41 Å². The van der Waals surface area contributed by atoms with Gasteiger partial charge in [-0.3, -0.25) is 4.98 Å². The number of aliphatic carboxylic acids is 1. The lowest BCUT2D eigenvalue weighted by Gasteiger charge is -2.18. The molecule has 0 aliphatic heterocycles. The van der Waals surface area contributed by atoms with Crippen LogP contribution in [0.2, 0.25) is 0 Å². The first-order valence-electron chi connectivity index (χ1n) is 7.85. The van der Waals surface area contributed by atoms with Crippen LogP contribution in [0.15, 0.2) is 48.5 Å². The SMILES string of the molecule is CC(C)(C)c1cccc(-c2cc3cc(/C=C/C(=O)O)ccc3[nH]2)n1. The molecular weight excluding hydrogens is 300 g/mol. The summed E-state index contributed by atoms with van der Waals surface area (Å²) in [6, 6.07) is 13.9. The fourth-order valence-corrected chi connectivity index (χ4v) is 2.56. The predicted octanol–water partition coefficient (Wildman–Crippen LogP) is 4.63. The second-order valence-corrected chi connectivity index (χ2v) is 6.86. The molecule has 24 heavy (non-hydrogen) atoms. The van der Waals surface area contributed by atoms with E-state index in [0.717, 1.165) is 39.6 Å². The van der Waals surface area contributed by atoms with Crippen LogP contribution in [-0.2, 0) is 10.2 Å². The van der Waals surface area contributed by atoms with Crippen molar-refractivity contribution in [3.63, 3.8) is 0 Å². The summed E-state index contributed by atoms with van der Waals surface area (Å²) in [6.45, 7) is 6.43. The van der Waals surface area contributed by atoms with E-state index in [4.69, 9.17) is 10.1 Å². The molecule has 2 aromatic heterocycles. The number of nitrogens with one attached hydrogen (secondary N) is 1. The topological polar surface area (TPSA) is 66.0 Å². The Kier molecular flexibility index (Phi) is 3.97. The number of fused-ring (bicyclic) bond motifs is 1. The summed E-state index contributed by atoms with van der Waals surface area (Å²) in [5, 5.41) is 9.76. The summed E-state index contributed by atoms with van der Waals surface area (Å²) in [4.78, 5) is 18.8. The zero-order valence-electron chi connectivity index (χ0n) is 14.0. The minimum atomic E-state index is -0.951. The maximum Gasteiger partial charge on any atom is 0.328 e. The third-order valence-corrected chi connectivity index (χ3v) is 3.86. The summed E-state index contributed by atoms with van der Waals surface area (Å²) in [6.07, 6.45) is 2.73. The molecule has 0 fully saturated rings. The molecule has 0 atom stereocenters. The Hall–Kier alpha value is -2.88. The van der Waals surface area contributed by atoms with Gasteiger partial charge >= 0.3 is 5.97 Å². The molecule has 4 heteroatoms. The van der Waals surface area contributed by atoms with Crippen molar-refractivity contribution in [2.24, 2.45) is 0 Å². The summed E-state index contributed by atoms with van der Waals surface area (Å²) in [7, 11) is 0. The van der Waals surface area contributed by atoms with E-state index in [0.29, 0.717) is 0 Å². The van der Waals surface area contributed by atoms with E-state index in [2.05, 4.69) is 25.8 Å². The van der Waals surface area contributed by atoms with Crippen LogP contribution < -0.4 is 0 Å². The van der Waals surface area contributed by atoms with Gasteiger partial charge in [0.15, 0.2) is 0 Å². The van der Waals surface area contributed by atoms with Crippen LogP contribution in [0.4, 0.5) is 0 Å². The van der Waals surface area contributed by atoms with Crippen molar-refractivity contribution in [3.05, 3.63) is 59.8 Å². The zero-order valence-corrected chi connectivity index (χ0v) is 14.0. The van der Waals surface area contributed by atoms with Crippen LogP contribution in [0, 0.1) is 0 Å². The number of H-pyrrole nitrogens is 1. The van der Waals surface area contributed by atoms with E-state index in [9.17, 15) is 4.79 Å². The van der Waals surface area contributed by atoms with E-state index in [1.165, 1.54) is 0 Å². The molecule has 1 aromatic carbocycles. The fourth-order valence-electron chi connectivity index (χ4n) is 2.56. The Morgan fingerprint density at radius 1 is 1.17 bits per heavy atom. The average Bonchev–Trinajstić information content (AvgIpc) is 2.95. The normalized spacial score (nSPS) is 12.1. The molecule has 2 N–H and O–H groups in total. The minimum absolute atomic E-state index is 0.00315. The smallest absolute Gasteiger partial charge is 0.328 e. The highest BCUT2D eigenvalue weighted by atomic mass is 16.4. The van der Waals surface area contributed by atoms with Crippen molar-refractivity contribution in [2.45, 2.75) is 26.2 Å². The van der Waals surface area contributed by atoms with Crippen molar-refractivity contribution < 1.29 is 9.90 Å². The van der Waals surface area contributed by atoms with Crippen molar-refractivity contribution in [1.29, 1.82) is 0 Å². The number of rotatable bonds is 3. The monoisotopic (exact) mass is 320 g/mol. The van der Waals surface area contributed by atoms with E-state index >= 15 is 0 Å². The Labute approximate surface area is 140 Å². The third-order valence-electron chi connectivity index (χ3n) is 3.86. The van der Waals surface area contributed by atoms with Gasteiger partial charge in [0.2, 0.25) is 0 Å². The van der Waals surface area contributed by atoms with E-state index < -0.39 is 5.97 Å². The molecule has 0 amide bonds. The Balaban J connectivity index is 2.01. The summed E-state index contributed by atoms with van der Waals surface area (Å²) in [5.74, 6) is -0.951. The van der Waals surface area contributed by atoms with Gasteiger partial charge in [0.25, 0.3) is 0 Å². The molecule has 0 aliphatic carbocycles. The van der Waals surface area contributed by atoms with Crippen molar-refractivity contribution in [1.82, 2.24) is 9.97 Å². The van der Waals surface area contributed by atoms with E-state index in [1.54, 1.807) is 6.08 Å². The van der Waals surface area contributed by atoms with Crippen LogP contribution in [-0.4, -0.2) is 21.0 Å². The van der Waals surface area contributed by atoms with Gasteiger partial charge < -0.3 is 10.1 Å². The summed E-state index contributed by atoms with van der Waals surface area (Å²) >= 11 is 0. The zero-order chi connectivity index (χ0) is 17.3. The quantitative estimate of drug-likeness (QED) is 0.692. The molecule has 122 valence electrons. The van der Waals surface area contributed by atoms with Gasteiger partial charge in [0.1, 0.15) is 0 Å². The van der Waals surface area contributed by atoms with Gasteiger partial charge in [-0.1, -0.05) is 32.9 Å². The summed E-state index contributed by atoms with van der Waals surface area (Å²) < 4.78 is 0. The largest absolute Gasteiger partial charge is 0.478 e. The standard InChI is InChI=1S/C20H20N2O2/c1-20(2,3)18-6-4-5-16(22-18)17-12-14-11-13(8-10-19(23)24)7-9-15(14)21-17/h4-12,21H,1-3H3,(H,23,24)/b10-8+. The maximum absolute atomic E-state index is 10.6. The number of benzene rings is 1. The first-order chi connectivity index (χ1) is 11.3. The maximum atomic E-state index is 10.6. The van der Waals surface area contributed by atoms with Crippen molar-refractivity contribution in [3.8, 4) is 11.4 Å². The Bertz CT molecular complexity index is 930. The highest BCUT2D eigenvalue weighted by Crippen LogP contribution is 2.27. The van der Waals surface area contributed by atoms with Gasteiger partial charge in [-0.2, -0.15) is 0 Å². The van der Waals surface area contributed by atoms with Crippen molar-refractivity contribution in [2.75, 3.05) is 0 Å². The molecule has 0 spiro atoms. The minimum Gasteiger partial charge on any atom is -0.478 e. The van der Waals surface area contributed by atoms with Gasteiger partial charge in [0.05, 0.1) is 11.4 Å². The molecule has 0 aliphatic rings. The molecular formula is C20H20N2O2. The number of aromatic nitrogens is 2. The lowest BCUT2D eigenvalue weighted by Crippen LogP contribution is -2.13. The van der Waals surface area contributed by atoms with Crippen molar-refractivity contribution >= 4 is 22.9 Å². The highest BCUT2D eigenvalue weighted by molar-refractivity contribution is 5.89. The van der Waals surface area contributed by atoms with Gasteiger partial charge in [0, 0.05) is 28.1 Å². The highest BCUT2D eigenvalue weighted by Gasteiger charge is 2.16. The second kappa shape index (κ2) is 5.96. The predicted molar refractivity (Wildman–Crippen MR) is 96.9 cm³/mol. The second-order valence-electron chi connectivity index (χ2n) is 6.86. The first-order valence-corrected chi connectivity index (χ1v) is 7.85. The average molecular weight is 320 g/mol. The van der Waals surface area contributed by atoms with Crippen LogP contribution >= 0.6 is 0 Å².